The van der Waals surface area contributed by atoms with Crippen LogP contribution in [0.5, 0.6) is 0 Å². The third-order valence-corrected chi connectivity index (χ3v) is 3.73. The molecule has 2 rings (SSSR count). The Bertz CT molecular complexity index is 370. The van der Waals surface area contributed by atoms with Crippen LogP contribution >= 0.6 is 0 Å². The molecule has 2 aliphatic carbocycles. The number of ether oxygens (including phenoxy) is 2. The number of esters is 1. The second-order valence-electron chi connectivity index (χ2n) is 5.26. The molecule has 0 aliphatic heterocycles. The van der Waals surface area contributed by atoms with Crippen molar-refractivity contribution in [3.63, 3.8) is 0 Å². The van der Waals surface area contributed by atoms with E-state index in [1.807, 2.05) is 6.92 Å². The maximum absolute atomic E-state index is 11.6. The summed E-state index contributed by atoms with van der Waals surface area (Å²) in [7, 11) is 0. The van der Waals surface area contributed by atoms with Gasteiger partial charge in [0.25, 0.3) is 0 Å². The largest absolute Gasteiger partial charge is 0.466 e. The predicted octanol–water partition coefficient (Wildman–Crippen LogP) is 3.26. The van der Waals surface area contributed by atoms with Gasteiger partial charge in [0.15, 0.2) is 0 Å². The molecule has 0 aromatic heterocycles. The standard InChI is InChI=1S/C16H24O3/c1-3-5-10-19-13-8-6-12(7-9-13)14-11-15(14)16(17)18-4-2/h6-8,13-15H,3-5,9-11H2,1-2H3/t13?,14-,15+/m1/s1. The lowest BCUT2D eigenvalue weighted by molar-refractivity contribution is -0.144. The molecule has 0 amide bonds. The second kappa shape index (κ2) is 6.90. The molecule has 3 heteroatoms. The minimum absolute atomic E-state index is 0.0388. The van der Waals surface area contributed by atoms with Crippen molar-refractivity contribution in [1.29, 1.82) is 0 Å². The van der Waals surface area contributed by atoms with Gasteiger partial charge in [-0.2, -0.15) is 0 Å². The number of rotatable bonds is 7. The first-order valence-electron chi connectivity index (χ1n) is 7.42. The molecule has 0 saturated heterocycles. The first-order chi connectivity index (χ1) is 9.26. The van der Waals surface area contributed by atoms with E-state index in [2.05, 4.69) is 25.2 Å². The minimum Gasteiger partial charge on any atom is -0.466 e. The molecule has 1 saturated carbocycles. The van der Waals surface area contributed by atoms with Crippen LogP contribution in [0.2, 0.25) is 0 Å². The normalized spacial score (nSPS) is 28.9. The zero-order chi connectivity index (χ0) is 13.7. The van der Waals surface area contributed by atoms with Crippen molar-refractivity contribution in [1.82, 2.24) is 0 Å². The van der Waals surface area contributed by atoms with Crippen molar-refractivity contribution in [2.24, 2.45) is 11.8 Å². The van der Waals surface area contributed by atoms with Gasteiger partial charge in [-0.1, -0.05) is 31.6 Å². The zero-order valence-corrected chi connectivity index (χ0v) is 11.9. The van der Waals surface area contributed by atoms with Crippen molar-refractivity contribution >= 4 is 5.97 Å². The Hall–Kier alpha value is -1.09. The van der Waals surface area contributed by atoms with E-state index in [1.54, 1.807) is 0 Å². The molecular weight excluding hydrogens is 240 g/mol. The molecular formula is C16H24O3. The molecule has 0 aromatic rings. The summed E-state index contributed by atoms with van der Waals surface area (Å²) in [6.45, 7) is 5.34. The lowest BCUT2D eigenvalue weighted by Gasteiger charge is -2.17. The van der Waals surface area contributed by atoms with Crippen LogP contribution in [0.25, 0.3) is 0 Å². The summed E-state index contributed by atoms with van der Waals surface area (Å²) in [6, 6.07) is 0. The Balaban J connectivity index is 1.74. The van der Waals surface area contributed by atoms with Crippen molar-refractivity contribution in [2.45, 2.75) is 45.6 Å². The predicted molar refractivity (Wildman–Crippen MR) is 74.7 cm³/mol. The van der Waals surface area contributed by atoms with E-state index in [1.165, 1.54) is 12.0 Å². The van der Waals surface area contributed by atoms with Gasteiger partial charge in [-0.15, -0.1) is 0 Å². The Morgan fingerprint density at radius 2 is 2.26 bits per heavy atom. The number of hydrogen-bond acceptors (Lipinski definition) is 3. The summed E-state index contributed by atoms with van der Waals surface area (Å²) in [5.41, 5.74) is 1.29. The summed E-state index contributed by atoms with van der Waals surface area (Å²) < 4.78 is 10.8. The highest BCUT2D eigenvalue weighted by Gasteiger charge is 2.45. The van der Waals surface area contributed by atoms with E-state index in [4.69, 9.17) is 9.47 Å². The molecule has 0 bridgehead atoms. The Morgan fingerprint density at radius 3 is 2.89 bits per heavy atom. The van der Waals surface area contributed by atoms with Gasteiger partial charge < -0.3 is 9.47 Å². The van der Waals surface area contributed by atoms with Crippen molar-refractivity contribution in [3.8, 4) is 0 Å². The number of hydrogen-bond donors (Lipinski definition) is 0. The van der Waals surface area contributed by atoms with Crippen LogP contribution in [0.15, 0.2) is 23.8 Å². The van der Waals surface area contributed by atoms with Crippen LogP contribution < -0.4 is 0 Å². The third-order valence-electron chi connectivity index (χ3n) is 3.73. The minimum atomic E-state index is -0.0388. The second-order valence-corrected chi connectivity index (χ2v) is 5.26. The van der Waals surface area contributed by atoms with Crippen LogP contribution in [0.3, 0.4) is 0 Å². The van der Waals surface area contributed by atoms with Crippen molar-refractivity contribution in [3.05, 3.63) is 23.8 Å². The number of allylic oxidation sites excluding steroid dienone is 2. The highest BCUT2D eigenvalue weighted by molar-refractivity contribution is 5.77. The molecule has 0 aromatic carbocycles. The first kappa shape index (κ1) is 14.3. The monoisotopic (exact) mass is 264 g/mol. The molecule has 1 unspecified atom stereocenters. The molecule has 3 atom stereocenters. The van der Waals surface area contributed by atoms with Crippen LogP contribution in [0, 0.1) is 11.8 Å². The fraction of sp³-hybridized carbons (Fsp3) is 0.688. The summed E-state index contributed by atoms with van der Waals surface area (Å²) in [4.78, 5) is 11.6. The fourth-order valence-corrected chi connectivity index (χ4v) is 2.47. The lowest BCUT2D eigenvalue weighted by Crippen LogP contribution is -2.13. The molecule has 106 valence electrons. The molecule has 0 heterocycles. The summed E-state index contributed by atoms with van der Waals surface area (Å²) in [5, 5.41) is 0. The number of carbonyl (C=O) groups is 1. The third kappa shape index (κ3) is 3.93. The highest BCUT2D eigenvalue weighted by Crippen LogP contribution is 2.46. The molecule has 0 spiro atoms. The van der Waals surface area contributed by atoms with E-state index in [9.17, 15) is 4.79 Å². The Kier molecular flexibility index (Phi) is 5.20. The average molecular weight is 264 g/mol. The maximum Gasteiger partial charge on any atom is 0.309 e. The van der Waals surface area contributed by atoms with Gasteiger partial charge in [-0.05, 0) is 37.7 Å². The van der Waals surface area contributed by atoms with Crippen LogP contribution in [0.4, 0.5) is 0 Å². The van der Waals surface area contributed by atoms with Crippen molar-refractivity contribution in [2.75, 3.05) is 13.2 Å². The molecule has 19 heavy (non-hydrogen) atoms. The highest BCUT2D eigenvalue weighted by atomic mass is 16.5. The molecule has 1 fully saturated rings. The SMILES string of the molecule is CCCCOC1C=CC([C@H]2C[C@@H]2C(=O)OCC)=CC1. The van der Waals surface area contributed by atoms with Crippen LogP contribution in [-0.4, -0.2) is 25.3 Å². The van der Waals surface area contributed by atoms with Gasteiger partial charge >= 0.3 is 5.97 Å². The van der Waals surface area contributed by atoms with E-state index in [-0.39, 0.29) is 18.0 Å². The molecule has 3 nitrogen and oxygen atoms in total. The van der Waals surface area contributed by atoms with Gasteiger partial charge in [0.2, 0.25) is 0 Å². The Labute approximate surface area is 115 Å². The molecule has 2 aliphatic rings. The van der Waals surface area contributed by atoms with E-state index in [0.29, 0.717) is 12.5 Å². The topological polar surface area (TPSA) is 35.5 Å². The maximum atomic E-state index is 11.6. The quantitative estimate of drug-likeness (QED) is 0.523. The molecule has 0 N–H and O–H groups in total. The van der Waals surface area contributed by atoms with Gasteiger partial charge in [0, 0.05) is 6.61 Å². The zero-order valence-electron chi connectivity index (χ0n) is 11.9. The summed E-state index contributed by atoms with van der Waals surface area (Å²) in [5.74, 6) is 0.434. The van der Waals surface area contributed by atoms with E-state index >= 15 is 0 Å². The summed E-state index contributed by atoms with van der Waals surface area (Å²) in [6.07, 6.45) is 10.9. The van der Waals surface area contributed by atoms with E-state index in [0.717, 1.165) is 25.9 Å². The van der Waals surface area contributed by atoms with Gasteiger partial charge in [-0.3, -0.25) is 4.79 Å². The smallest absolute Gasteiger partial charge is 0.309 e. The molecule has 0 radical (unpaired) electrons. The van der Waals surface area contributed by atoms with Crippen LogP contribution in [-0.2, 0) is 14.3 Å². The van der Waals surface area contributed by atoms with Crippen LogP contribution in [0.1, 0.15) is 39.5 Å². The fourth-order valence-electron chi connectivity index (χ4n) is 2.47. The van der Waals surface area contributed by atoms with Gasteiger partial charge in [0.05, 0.1) is 18.6 Å². The lowest BCUT2D eigenvalue weighted by atomic mass is 10.00. The first-order valence-corrected chi connectivity index (χ1v) is 7.42. The van der Waals surface area contributed by atoms with Gasteiger partial charge in [-0.25, -0.2) is 0 Å². The number of carbonyl (C=O) groups excluding carboxylic acids is 1. The average Bonchev–Trinajstić information content (AvgIpc) is 3.20. The van der Waals surface area contributed by atoms with E-state index < -0.39 is 0 Å². The van der Waals surface area contributed by atoms with Gasteiger partial charge in [0.1, 0.15) is 0 Å². The summed E-state index contributed by atoms with van der Waals surface area (Å²) >= 11 is 0. The van der Waals surface area contributed by atoms with Crippen molar-refractivity contribution < 1.29 is 14.3 Å². The Morgan fingerprint density at radius 1 is 1.42 bits per heavy atom. The number of unbranched alkanes of at least 4 members (excludes halogenated alkanes) is 1.